The van der Waals surface area contributed by atoms with Crippen LogP contribution < -0.4 is 0 Å². The predicted molar refractivity (Wildman–Crippen MR) is 104 cm³/mol. The van der Waals surface area contributed by atoms with Gasteiger partial charge in [-0.3, -0.25) is 0 Å². The summed E-state index contributed by atoms with van der Waals surface area (Å²) in [5.41, 5.74) is 2.17. The molecule has 0 aliphatic heterocycles. The minimum absolute atomic E-state index is 0.552. The van der Waals surface area contributed by atoms with Crippen LogP contribution in [0.2, 0.25) is 5.02 Å². The van der Waals surface area contributed by atoms with E-state index in [9.17, 15) is 0 Å². The number of thiophene rings is 1. The molecule has 0 atom stereocenters. The number of rotatable bonds is 6. The molecule has 4 aromatic rings. The third kappa shape index (κ3) is 4.30. The molecule has 0 saturated heterocycles. The number of hydrogen-bond acceptors (Lipinski definition) is 7. The molecule has 0 amide bonds. The SMILES string of the molecule is Clc1ccc(CSc2nc(Cc3nc(-c4cccs4)no3)cs2)cc1. The molecule has 1 aromatic carbocycles. The van der Waals surface area contributed by atoms with Gasteiger partial charge in [0.25, 0.3) is 0 Å². The molecule has 8 heteroatoms. The van der Waals surface area contributed by atoms with Gasteiger partial charge in [0.1, 0.15) is 4.34 Å². The van der Waals surface area contributed by atoms with Crippen LogP contribution in [0.4, 0.5) is 0 Å². The number of aromatic nitrogens is 3. The average Bonchev–Trinajstić information content (AvgIpc) is 3.36. The Labute approximate surface area is 161 Å². The number of thioether (sulfide) groups is 1. The van der Waals surface area contributed by atoms with Crippen LogP contribution in [0.1, 0.15) is 17.1 Å². The van der Waals surface area contributed by atoms with Crippen molar-refractivity contribution < 1.29 is 4.52 Å². The van der Waals surface area contributed by atoms with Crippen molar-refractivity contribution in [1.29, 1.82) is 0 Å². The highest BCUT2D eigenvalue weighted by atomic mass is 35.5. The molecule has 0 saturated carbocycles. The minimum atomic E-state index is 0.552. The second kappa shape index (κ2) is 7.70. The first-order valence-corrected chi connectivity index (χ1v) is 10.6. The van der Waals surface area contributed by atoms with E-state index in [0.717, 1.165) is 25.7 Å². The molecular weight excluding hydrogens is 394 g/mol. The van der Waals surface area contributed by atoms with Crippen molar-refractivity contribution in [3.05, 3.63) is 69.3 Å². The fourth-order valence-electron chi connectivity index (χ4n) is 2.15. The Morgan fingerprint density at radius 3 is 2.76 bits per heavy atom. The predicted octanol–water partition coefficient (Wildman–Crippen LogP) is 5.79. The molecule has 0 fully saturated rings. The Morgan fingerprint density at radius 2 is 1.96 bits per heavy atom. The van der Waals surface area contributed by atoms with Gasteiger partial charge < -0.3 is 4.52 Å². The highest BCUT2D eigenvalue weighted by molar-refractivity contribution is 8.00. The lowest BCUT2D eigenvalue weighted by Crippen LogP contribution is -1.88. The smallest absolute Gasteiger partial charge is 0.233 e. The number of halogens is 1. The molecule has 0 aliphatic rings. The van der Waals surface area contributed by atoms with Crippen LogP contribution >= 0.6 is 46.0 Å². The van der Waals surface area contributed by atoms with Gasteiger partial charge in [0.05, 0.1) is 17.0 Å². The zero-order valence-corrected chi connectivity index (χ0v) is 16.1. The monoisotopic (exact) mass is 405 g/mol. The minimum Gasteiger partial charge on any atom is -0.339 e. The van der Waals surface area contributed by atoms with Gasteiger partial charge in [-0.2, -0.15) is 4.98 Å². The first-order valence-electron chi connectivity index (χ1n) is 7.44. The Bertz CT molecular complexity index is 948. The molecule has 25 heavy (non-hydrogen) atoms. The lowest BCUT2D eigenvalue weighted by Gasteiger charge is -1.98. The topological polar surface area (TPSA) is 51.8 Å². The summed E-state index contributed by atoms with van der Waals surface area (Å²) in [5, 5.41) is 8.82. The molecule has 4 rings (SSSR count). The second-order valence-electron chi connectivity index (χ2n) is 5.19. The maximum atomic E-state index is 5.91. The standard InChI is InChI=1S/C17H12ClN3OS3/c18-12-5-3-11(4-6-12)9-24-17-19-13(10-25-17)8-15-20-16(21-22-15)14-2-1-7-23-14/h1-7,10H,8-9H2. The summed E-state index contributed by atoms with van der Waals surface area (Å²) in [7, 11) is 0. The van der Waals surface area contributed by atoms with Crippen molar-refractivity contribution in [2.75, 3.05) is 0 Å². The van der Waals surface area contributed by atoms with Crippen LogP contribution in [0.5, 0.6) is 0 Å². The molecule has 126 valence electrons. The molecule has 3 aromatic heterocycles. The summed E-state index contributed by atoms with van der Waals surface area (Å²) in [5.74, 6) is 2.09. The van der Waals surface area contributed by atoms with Gasteiger partial charge in [-0.1, -0.05) is 46.7 Å². The first-order chi connectivity index (χ1) is 12.3. The second-order valence-corrected chi connectivity index (χ2v) is 8.65. The van der Waals surface area contributed by atoms with E-state index >= 15 is 0 Å². The highest BCUT2D eigenvalue weighted by Gasteiger charge is 2.12. The average molecular weight is 406 g/mol. The van der Waals surface area contributed by atoms with Crippen molar-refractivity contribution in [3.63, 3.8) is 0 Å². The van der Waals surface area contributed by atoms with Gasteiger partial charge in [-0.05, 0) is 29.1 Å². The highest BCUT2D eigenvalue weighted by Crippen LogP contribution is 2.28. The summed E-state index contributed by atoms with van der Waals surface area (Å²) in [6.07, 6.45) is 0.552. The Hall–Kier alpha value is -1.67. The van der Waals surface area contributed by atoms with E-state index in [4.69, 9.17) is 16.1 Å². The third-order valence-corrected chi connectivity index (χ3v) is 6.61. The number of hydrogen-bond donors (Lipinski definition) is 0. The van der Waals surface area contributed by atoms with E-state index < -0.39 is 0 Å². The molecule has 0 N–H and O–H groups in total. The maximum absolute atomic E-state index is 5.91. The van der Waals surface area contributed by atoms with E-state index in [2.05, 4.69) is 15.1 Å². The fraction of sp³-hybridized carbons (Fsp3) is 0.118. The van der Waals surface area contributed by atoms with Gasteiger partial charge in [0.2, 0.25) is 11.7 Å². The number of benzene rings is 1. The van der Waals surface area contributed by atoms with Gasteiger partial charge >= 0.3 is 0 Å². The molecule has 3 heterocycles. The number of nitrogens with zero attached hydrogens (tertiary/aromatic N) is 3. The van der Waals surface area contributed by atoms with Crippen molar-refractivity contribution >= 4 is 46.0 Å². The van der Waals surface area contributed by atoms with Crippen LogP contribution in [0, 0.1) is 0 Å². The Morgan fingerprint density at radius 1 is 1.08 bits per heavy atom. The zero-order valence-electron chi connectivity index (χ0n) is 12.9. The van der Waals surface area contributed by atoms with Gasteiger partial charge in [0.15, 0.2) is 0 Å². The van der Waals surface area contributed by atoms with Crippen molar-refractivity contribution in [2.45, 2.75) is 16.5 Å². The van der Waals surface area contributed by atoms with Gasteiger partial charge in [-0.25, -0.2) is 4.98 Å². The quantitative estimate of drug-likeness (QED) is 0.380. The molecule has 0 radical (unpaired) electrons. The third-order valence-electron chi connectivity index (χ3n) is 3.35. The van der Waals surface area contributed by atoms with E-state index in [1.54, 1.807) is 34.4 Å². The summed E-state index contributed by atoms with van der Waals surface area (Å²) in [6, 6.07) is 11.8. The maximum Gasteiger partial charge on any atom is 0.233 e. The molecule has 0 aliphatic carbocycles. The molecule has 4 nitrogen and oxygen atoms in total. The van der Waals surface area contributed by atoms with Crippen LogP contribution in [-0.2, 0) is 12.2 Å². The molecule has 0 unspecified atom stereocenters. The summed E-state index contributed by atoms with van der Waals surface area (Å²) in [6.45, 7) is 0. The van der Waals surface area contributed by atoms with Crippen LogP contribution in [0.25, 0.3) is 10.7 Å². The summed E-state index contributed by atoms with van der Waals surface area (Å²) < 4.78 is 6.36. The summed E-state index contributed by atoms with van der Waals surface area (Å²) in [4.78, 5) is 10.1. The van der Waals surface area contributed by atoms with Crippen LogP contribution in [0.3, 0.4) is 0 Å². The normalized spacial score (nSPS) is 11.1. The van der Waals surface area contributed by atoms with Crippen molar-refractivity contribution in [2.24, 2.45) is 0 Å². The number of thiazole rings is 1. The first kappa shape index (κ1) is 16.8. The molecule has 0 bridgehead atoms. The van der Waals surface area contributed by atoms with E-state index in [1.807, 2.05) is 47.2 Å². The fourth-order valence-corrected chi connectivity index (χ4v) is 4.72. The largest absolute Gasteiger partial charge is 0.339 e. The zero-order chi connectivity index (χ0) is 17.1. The van der Waals surface area contributed by atoms with Crippen LogP contribution in [-0.4, -0.2) is 15.1 Å². The van der Waals surface area contributed by atoms with E-state index in [-0.39, 0.29) is 0 Å². The van der Waals surface area contributed by atoms with Crippen molar-refractivity contribution in [1.82, 2.24) is 15.1 Å². The Kier molecular flexibility index (Phi) is 5.17. The molecular formula is C17H12ClN3OS3. The van der Waals surface area contributed by atoms with Gasteiger partial charge in [0, 0.05) is 16.2 Å². The lowest BCUT2D eigenvalue weighted by molar-refractivity contribution is 0.385. The Balaban J connectivity index is 1.37. The summed E-state index contributed by atoms with van der Waals surface area (Å²) >= 11 is 10.8. The van der Waals surface area contributed by atoms with Crippen LogP contribution in [0.15, 0.2) is 56.0 Å². The lowest BCUT2D eigenvalue weighted by atomic mass is 10.2. The van der Waals surface area contributed by atoms with E-state index in [1.165, 1.54) is 5.56 Å². The van der Waals surface area contributed by atoms with Gasteiger partial charge in [-0.15, -0.1) is 22.7 Å². The van der Waals surface area contributed by atoms with Crippen molar-refractivity contribution in [3.8, 4) is 10.7 Å². The molecule has 0 spiro atoms. The van der Waals surface area contributed by atoms with E-state index in [0.29, 0.717) is 18.1 Å².